The largest absolute Gasteiger partial charge is 0.113 e. The Bertz CT molecular complexity index is 594. The lowest BCUT2D eigenvalue weighted by Gasteiger charge is -2.20. The molecule has 0 amide bonds. The quantitative estimate of drug-likeness (QED) is 0.550. The summed E-state index contributed by atoms with van der Waals surface area (Å²) in [5.41, 5.74) is 4.97. The van der Waals surface area contributed by atoms with Crippen molar-refractivity contribution in [2.75, 3.05) is 0 Å². The molecular formula is C18H20BrCl. The third-order valence-electron chi connectivity index (χ3n) is 3.49. The minimum atomic E-state index is -0.127. The number of hydrogen-bond acceptors (Lipinski definition) is 0. The van der Waals surface area contributed by atoms with Gasteiger partial charge in [0, 0.05) is 4.47 Å². The van der Waals surface area contributed by atoms with E-state index in [1.807, 2.05) is 0 Å². The molecule has 20 heavy (non-hydrogen) atoms. The number of alkyl halides is 1. The van der Waals surface area contributed by atoms with Gasteiger partial charge in [-0.3, -0.25) is 0 Å². The van der Waals surface area contributed by atoms with E-state index in [4.69, 9.17) is 11.6 Å². The van der Waals surface area contributed by atoms with E-state index in [0.717, 1.165) is 15.6 Å². The first-order valence-electron chi connectivity index (χ1n) is 6.79. The van der Waals surface area contributed by atoms with Crippen LogP contribution in [0, 0.1) is 6.92 Å². The van der Waals surface area contributed by atoms with E-state index in [9.17, 15) is 0 Å². The average molecular weight is 352 g/mol. The maximum atomic E-state index is 6.65. The molecule has 2 rings (SSSR count). The van der Waals surface area contributed by atoms with Crippen LogP contribution in [0.5, 0.6) is 0 Å². The molecule has 2 aromatic rings. The fourth-order valence-electron chi connectivity index (χ4n) is 2.19. The molecule has 0 saturated heterocycles. The zero-order valence-electron chi connectivity index (χ0n) is 12.4. The SMILES string of the molecule is Cc1ccc(Br)c(C(Cl)c2ccc(C(C)(C)C)cc2)c1. The summed E-state index contributed by atoms with van der Waals surface area (Å²) in [6.07, 6.45) is 0. The van der Waals surface area contributed by atoms with E-state index < -0.39 is 0 Å². The first kappa shape index (κ1) is 15.6. The highest BCUT2D eigenvalue weighted by molar-refractivity contribution is 9.10. The standard InChI is InChI=1S/C18H20BrCl/c1-12-5-10-16(19)15(11-12)17(20)13-6-8-14(9-7-13)18(2,3)4/h5-11,17H,1-4H3. The maximum absolute atomic E-state index is 6.65. The zero-order valence-corrected chi connectivity index (χ0v) is 14.7. The van der Waals surface area contributed by atoms with Crippen molar-refractivity contribution in [1.82, 2.24) is 0 Å². The topological polar surface area (TPSA) is 0 Å². The van der Waals surface area contributed by atoms with Crippen LogP contribution in [0.1, 0.15) is 48.4 Å². The van der Waals surface area contributed by atoms with Crippen molar-refractivity contribution in [1.29, 1.82) is 0 Å². The fourth-order valence-corrected chi connectivity index (χ4v) is 3.12. The van der Waals surface area contributed by atoms with E-state index >= 15 is 0 Å². The van der Waals surface area contributed by atoms with Gasteiger partial charge in [-0.2, -0.15) is 0 Å². The van der Waals surface area contributed by atoms with Crippen LogP contribution >= 0.6 is 27.5 Å². The number of rotatable bonds is 2. The summed E-state index contributed by atoms with van der Waals surface area (Å²) < 4.78 is 1.06. The minimum Gasteiger partial charge on any atom is -0.113 e. The maximum Gasteiger partial charge on any atom is 0.0846 e. The molecule has 1 atom stereocenters. The van der Waals surface area contributed by atoms with Gasteiger partial charge in [-0.25, -0.2) is 0 Å². The molecule has 0 nitrogen and oxygen atoms in total. The lowest BCUT2D eigenvalue weighted by atomic mass is 9.86. The molecule has 0 aromatic heterocycles. The normalized spacial score (nSPS) is 13.3. The van der Waals surface area contributed by atoms with Crippen LogP contribution in [-0.2, 0) is 5.41 Å². The van der Waals surface area contributed by atoms with Gasteiger partial charge in [-0.15, -0.1) is 11.6 Å². The number of benzene rings is 2. The molecule has 0 aliphatic rings. The Morgan fingerprint density at radius 2 is 1.60 bits per heavy atom. The van der Waals surface area contributed by atoms with Crippen molar-refractivity contribution in [2.24, 2.45) is 0 Å². The molecule has 1 unspecified atom stereocenters. The van der Waals surface area contributed by atoms with Crippen LogP contribution < -0.4 is 0 Å². The molecule has 2 heteroatoms. The van der Waals surface area contributed by atoms with Crippen molar-refractivity contribution < 1.29 is 0 Å². The summed E-state index contributed by atoms with van der Waals surface area (Å²) in [7, 11) is 0. The van der Waals surface area contributed by atoms with Crippen LogP contribution in [0.3, 0.4) is 0 Å². The minimum absolute atomic E-state index is 0.127. The zero-order chi connectivity index (χ0) is 14.9. The molecule has 0 heterocycles. The summed E-state index contributed by atoms with van der Waals surface area (Å²) in [5.74, 6) is 0. The molecule has 0 aliphatic heterocycles. The van der Waals surface area contributed by atoms with Gasteiger partial charge in [0.2, 0.25) is 0 Å². The molecule has 0 saturated carbocycles. The molecule has 2 aromatic carbocycles. The van der Waals surface area contributed by atoms with Crippen LogP contribution in [0.2, 0.25) is 0 Å². The first-order chi connectivity index (χ1) is 9.29. The van der Waals surface area contributed by atoms with Crippen molar-refractivity contribution in [3.05, 3.63) is 69.2 Å². The summed E-state index contributed by atoms with van der Waals surface area (Å²) in [6.45, 7) is 8.74. The highest BCUT2D eigenvalue weighted by Crippen LogP contribution is 2.35. The molecule has 0 spiro atoms. The lowest BCUT2D eigenvalue weighted by molar-refractivity contribution is 0.590. The van der Waals surface area contributed by atoms with E-state index in [2.05, 4.69) is 86.1 Å². The smallest absolute Gasteiger partial charge is 0.0846 e. The van der Waals surface area contributed by atoms with Gasteiger partial charge < -0.3 is 0 Å². The Hall–Kier alpha value is -0.790. The lowest BCUT2D eigenvalue weighted by Crippen LogP contribution is -2.10. The molecule has 0 fully saturated rings. The highest BCUT2D eigenvalue weighted by atomic mass is 79.9. The first-order valence-corrected chi connectivity index (χ1v) is 8.02. The van der Waals surface area contributed by atoms with Gasteiger partial charge in [0.25, 0.3) is 0 Å². The average Bonchev–Trinajstić information content (AvgIpc) is 2.40. The summed E-state index contributed by atoms with van der Waals surface area (Å²) in [4.78, 5) is 0. The van der Waals surface area contributed by atoms with Crippen LogP contribution in [0.25, 0.3) is 0 Å². The van der Waals surface area contributed by atoms with Gasteiger partial charge in [-0.05, 0) is 35.1 Å². The monoisotopic (exact) mass is 350 g/mol. The highest BCUT2D eigenvalue weighted by Gasteiger charge is 2.17. The van der Waals surface area contributed by atoms with Crippen LogP contribution in [0.15, 0.2) is 46.9 Å². The third-order valence-corrected chi connectivity index (χ3v) is 4.70. The third kappa shape index (κ3) is 3.45. The van der Waals surface area contributed by atoms with E-state index in [0.29, 0.717) is 0 Å². The molecular weight excluding hydrogens is 332 g/mol. The Morgan fingerprint density at radius 1 is 1.00 bits per heavy atom. The van der Waals surface area contributed by atoms with Gasteiger partial charge >= 0.3 is 0 Å². The number of halogens is 2. The molecule has 0 radical (unpaired) electrons. The van der Waals surface area contributed by atoms with Crippen molar-refractivity contribution in [3.8, 4) is 0 Å². The second kappa shape index (κ2) is 5.91. The second-order valence-electron chi connectivity index (χ2n) is 6.26. The van der Waals surface area contributed by atoms with E-state index in [-0.39, 0.29) is 10.8 Å². The molecule has 0 aliphatic carbocycles. The molecule has 0 bridgehead atoms. The number of hydrogen-bond donors (Lipinski definition) is 0. The Kier molecular flexibility index (Phi) is 4.61. The Balaban J connectivity index is 2.34. The van der Waals surface area contributed by atoms with Crippen molar-refractivity contribution in [2.45, 2.75) is 38.5 Å². The Morgan fingerprint density at radius 3 is 2.15 bits per heavy atom. The molecule has 0 N–H and O–H groups in total. The van der Waals surface area contributed by atoms with Crippen molar-refractivity contribution >= 4 is 27.5 Å². The van der Waals surface area contributed by atoms with E-state index in [1.165, 1.54) is 11.1 Å². The molecule has 106 valence electrons. The predicted octanol–water partition coefficient (Wildman–Crippen LogP) is 6.38. The van der Waals surface area contributed by atoms with Crippen LogP contribution in [-0.4, -0.2) is 0 Å². The summed E-state index contributed by atoms with van der Waals surface area (Å²) >= 11 is 10.2. The summed E-state index contributed by atoms with van der Waals surface area (Å²) in [5, 5.41) is -0.127. The summed E-state index contributed by atoms with van der Waals surface area (Å²) in [6, 6.07) is 14.9. The van der Waals surface area contributed by atoms with Crippen LogP contribution in [0.4, 0.5) is 0 Å². The van der Waals surface area contributed by atoms with E-state index in [1.54, 1.807) is 0 Å². The predicted molar refractivity (Wildman–Crippen MR) is 91.7 cm³/mol. The van der Waals surface area contributed by atoms with Gasteiger partial charge in [0.15, 0.2) is 0 Å². The fraction of sp³-hybridized carbons (Fsp3) is 0.333. The van der Waals surface area contributed by atoms with Gasteiger partial charge in [-0.1, -0.05) is 78.7 Å². The van der Waals surface area contributed by atoms with Gasteiger partial charge in [0.1, 0.15) is 0 Å². The second-order valence-corrected chi connectivity index (χ2v) is 7.55. The van der Waals surface area contributed by atoms with Gasteiger partial charge in [0.05, 0.1) is 5.38 Å². The van der Waals surface area contributed by atoms with Crippen molar-refractivity contribution in [3.63, 3.8) is 0 Å². The Labute approximate surface area is 135 Å². The number of aryl methyl sites for hydroxylation is 1.